The summed E-state index contributed by atoms with van der Waals surface area (Å²) in [5, 5.41) is 9.84. The SMILES string of the molecule is COc1ccc(-n2nc(-c3nc(CCC(C)(C)C)nn3C3CCSC3)cc2C)cc1. The van der Waals surface area contributed by atoms with Crippen molar-refractivity contribution >= 4 is 11.8 Å². The Bertz CT molecular complexity index is 994. The van der Waals surface area contributed by atoms with E-state index in [1.165, 1.54) is 5.75 Å². The predicted octanol–water partition coefficient (Wildman–Crippen LogP) is 5.10. The standard InChI is InChI=1S/C23H31N5OS/c1-16-14-20(25-27(16)17-6-8-19(29-5)9-7-17)22-24-21(10-12-23(2,3)4)26-28(22)18-11-13-30-15-18/h6-9,14,18H,10-13,15H2,1-5H3. The summed E-state index contributed by atoms with van der Waals surface area (Å²) in [5.41, 5.74) is 3.23. The summed E-state index contributed by atoms with van der Waals surface area (Å²) >= 11 is 1.99. The normalized spacial score (nSPS) is 16.9. The Balaban J connectivity index is 1.68. The van der Waals surface area contributed by atoms with E-state index in [1.807, 2.05) is 40.7 Å². The summed E-state index contributed by atoms with van der Waals surface area (Å²) in [5.74, 6) is 4.93. The fourth-order valence-electron chi connectivity index (χ4n) is 3.67. The highest BCUT2D eigenvalue weighted by molar-refractivity contribution is 7.99. The summed E-state index contributed by atoms with van der Waals surface area (Å²) in [6.07, 6.45) is 3.09. The highest BCUT2D eigenvalue weighted by Crippen LogP contribution is 2.32. The van der Waals surface area contributed by atoms with Gasteiger partial charge < -0.3 is 4.74 Å². The van der Waals surface area contributed by atoms with Crippen molar-refractivity contribution in [3.63, 3.8) is 0 Å². The summed E-state index contributed by atoms with van der Waals surface area (Å²) in [7, 11) is 1.68. The second-order valence-corrected chi connectivity index (χ2v) is 10.3. The number of thioether (sulfide) groups is 1. The molecule has 4 rings (SSSR count). The van der Waals surface area contributed by atoms with Gasteiger partial charge in [-0.25, -0.2) is 14.3 Å². The largest absolute Gasteiger partial charge is 0.497 e. The Morgan fingerprint density at radius 3 is 2.57 bits per heavy atom. The maximum Gasteiger partial charge on any atom is 0.179 e. The number of hydrogen-bond acceptors (Lipinski definition) is 5. The second-order valence-electron chi connectivity index (χ2n) is 9.16. The molecule has 1 aliphatic heterocycles. The summed E-state index contributed by atoms with van der Waals surface area (Å²) in [6.45, 7) is 8.86. The molecule has 0 radical (unpaired) electrons. The van der Waals surface area contributed by atoms with Gasteiger partial charge >= 0.3 is 0 Å². The van der Waals surface area contributed by atoms with Gasteiger partial charge in [0.1, 0.15) is 11.4 Å². The Hall–Kier alpha value is -2.28. The van der Waals surface area contributed by atoms with Crippen LogP contribution in [0.2, 0.25) is 0 Å². The average molecular weight is 426 g/mol. The molecule has 1 aromatic carbocycles. The third-order valence-corrected chi connectivity index (χ3v) is 6.60. The molecule has 0 N–H and O–H groups in total. The zero-order chi connectivity index (χ0) is 21.3. The summed E-state index contributed by atoms with van der Waals surface area (Å²) in [4.78, 5) is 4.95. The van der Waals surface area contributed by atoms with Crippen LogP contribution in [0.3, 0.4) is 0 Å². The number of aromatic nitrogens is 5. The van der Waals surface area contributed by atoms with Gasteiger partial charge in [0.05, 0.1) is 18.8 Å². The zero-order valence-electron chi connectivity index (χ0n) is 18.6. The van der Waals surface area contributed by atoms with Gasteiger partial charge in [-0.3, -0.25) is 0 Å². The molecule has 3 aromatic rings. The molecule has 1 atom stereocenters. The first-order valence-corrected chi connectivity index (χ1v) is 11.7. The van der Waals surface area contributed by atoms with Crippen molar-refractivity contribution in [1.29, 1.82) is 0 Å². The van der Waals surface area contributed by atoms with Crippen LogP contribution in [0.1, 0.15) is 51.2 Å². The average Bonchev–Trinajstić information content (AvgIpc) is 3.45. The van der Waals surface area contributed by atoms with E-state index in [1.54, 1.807) is 7.11 Å². The Kier molecular flexibility index (Phi) is 5.91. The van der Waals surface area contributed by atoms with Gasteiger partial charge in [-0.1, -0.05) is 20.8 Å². The third-order valence-electron chi connectivity index (χ3n) is 5.46. The minimum atomic E-state index is 0.265. The molecular weight excluding hydrogens is 394 g/mol. The molecule has 6 nitrogen and oxygen atoms in total. The topological polar surface area (TPSA) is 57.8 Å². The van der Waals surface area contributed by atoms with Crippen molar-refractivity contribution in [3.8, 4) is 23.0 Å². The lowest BCUT2D eigenvalue weighted by atomic mass is 9.90. The van der Waals surface area contributed by atoms with E-state index in [4.69, 9.17) is 19.9 Å². The van der Waals surface area contributed by atoms with Gasteiger partial charge in [0.15, 0.2) is 11.6 Å². The van der Waals surface area contributed by atoms with Crippen molar-refractivity contribution in [2.45, 2.75) is 53.0 Å². The van der Waals surface area contributed by atoms with E-state index in [9.17, 15) is 0 Å². The van der Waals surface area contributed by atoms with Crippen LogP contribution in [-0.4, -0.2) is 43.2 Å². The molecule has 0 spiro atoms. The van der Waals surface area contributed by atoms with E-state index in [0.29, 0.717) is 6.04 Å². The van der Waals surface area contributed by atoms with Crippen LogP contribution in [0.15, 0.2) is 30.3 Å². The van der Waals surface area contributed by atoms with E-state index in [-0.39, 0.29) is 5.41 Å². The first-order valence-electron chi connectivity index (χ1n) is 10.6. The summed E-state index contributed by atoms with van der Waals surface area (Å²) < 4.78 is 9.38. The van der Waals surface area contributed by atoms with E-state index < -0.39 is 0 Å². The number of methoxy groups -OCH3 is 1. The number of benzene rings is 1. The minimum absolute atomic E-state index is 0.265. The van der Waals surface area contributed by atoms with Crippen LogP contribution in [-0.2, 0) is 6.42 Å². The second kappa shape index (κ2) is 8.46. The Labute approximate surface area is 183 Å². The van der Waals surface area contributed by atoms with Crippen molar-refractivity contribution in [2.24, 2.45) is 5.41 Å². The van der Waals surface area contributed by atoms with E-state index >= 15 is 0 Å². The maximum absolute atomic E-state index is 5.28. The lowest BCUT2D eigenvalue weighted by Gasteiger charge is -2.16. The molecule has 0 aliphatic carbocycles. The fraction of sp³-hybridized carbons (Fsp3) is 0.522. The number of hydrogen-bond donors (Lipinski definition) is 0. The van der Waals surface area contributed by atoms with Crippen LogP contribution in [0.25, 0.3) is 17.2 Å². The monoisotopic (exact) mass is 425 g/mol. The van der Waals surface area contributed by atoms with Crippen LogP contribution in [0.5, 0.6) is 5.75 Å². The molecule has 0 bridgehead atoms. The predicted molar refractivity (Wildman–Crippen MR) is 123 cm³/mol. The van der Waals surface area contributed by atoms with Crippen molar-refractivity contribution < 1.29 is 4.74 Å². The van der Waals surface area contributed by atoms with Crippen LogP contribution >= 0.6 is 11.8 Å². The quantitative estimate of drug-likeness (QED) is 0.550. The zero-order valence-corrected chi connectivity index (χ0v) is 19.4. The van der Waals surface area contributed by atoms with Crippen LogP contribution < -0.4 is 4.74 Å². The number of nitrogens with zero attached hydrogens (tertiary/aromatic N) is 5. The van der Waals surface area contributed by atoms with Gasteiger partial charge in [0.25, 0.3) is 0 Å². The van der Waals surface area contributed by atoms with Crippen LogP contribution in [0.4, 0.5) is 0 Å². The molecule has 1 unspecified atom stereocenters. The van der Waals surface area contributed by atoms with E-state index in [0.717, 1.165) is 59.5 Å². The Morgan fingerprint density at radius 1 is 1.17 bits per heavy atom. The van der Waals surface area contributed by atoms with Gasteiger partial charge in [-0.2, -0.15) is 22.0 Å². The smallest absolute Gasteiger partial charge is 0.179 e. The molecule has 160 valence electrons. The fourth-order valence-corrected chi connectivity index (χ4v) is 4.86. The molecule has 2 aromatic heterocycles. The first-order chi connectivity index (χ1) is 14.3. The molecule has 1 fully saturated rings. The van der Waals surface area contributed by atoms with Crippen LogP contribution in [0, 0.1) is 12.3 Å². The lowest BCUT2D eigenvalue weighted by molar-refractivity contribution is 0.373. The van der Waals surface area contributed by atoms with Gasteiger partial charge in [-0.05, 0) is 61.3 Å². The molecular formula is C23H31N5OS. The van der Waals surface area contributed by atoms with Crippen molar-refractivity contribution in [2.75, 3.05) is 18.6 Å². The lowest BCUT2D eigenvalue weighted by Crippen LogP contribution is -2.12. The number of aryl methyl sites for hydroxylation is 2. The van der Waals surface area contributed by atoms with Crippen molar-refractivity contribution in [1.82, 2.24) is 24.5 Å². The third kappa shape index (κ3) is 4.56. The molecule has 1 saturated heterocycles. The molecule has 7 heteroatoms. The van der Waals surface area contributed by atoms with E-state index in [2.05, 4.69) is 38.4 Å². The molecule has 0 saturated carbocycles. The molecule has 0 amide bonds. The van der Waals surface area contributed by atoms with Gasteiger partial charge in [0.2, 0.25) is 0 Å². The number of rotatable bonds is 6. The number of ether oxygens (including phenoxy) is 1. The van der Waals surface area contributed by atoms with Gasteiger partial charge in [0, 0.05) is 17.9 Å². The molecule has 30 heavy (non-hydrogen) atoms. The van der Waals surface area contributed by atoms with Gasteiger partial charge in [-0.15, -0.1) is 0 Å². The summed E-state index contributed by atoms with van der Waals surface area (Å²) in [6, 6.07) is 10.5. The van der Waals surface area contributed by atoms with Crippen molar-refractivity contribution in [3.05, 3.63) is 41.9 Å². The first kappa shape index (κ1) is 21.0. The highest BCUT2D eigenvalue weighted by atomic mass is 32.2. The molecule has 3 heterocycles. The minimum Gasteiger partial charge on any atom is -0.497 e. The molecule has 1 aliphatic rings. The maximum atomic E-state index is 5.28. The Morgan fingerprint density at radius 2 is 1.93 bits per heavy atom. The highest BCUT2D eigenvalue weighted by Gasteiger charge is 2.25.